The summed E-state index contributed by atoms with van der Waals surface area (Å²) in [7, 11) is 1.82. The second kappa shape index (κ2) is 10.0. The summed E-state index contributed by atoms with van der Waals surface area (Å²) in [5.41, 5.74) is 2.65. The van der Waals surface area contributed by atoms with Crippen molar-refractivity contribution in [1.82, 2.24) is 9.88 Å². The van der Waals surface area contributed by atoms with Crippen LogP contribution in [0.5, 0.6) is 0 Å². The molecule has 0 fully saturated rings. The SMILES string of the molecule is C=CCOCc1c(CO)sc2c(=O)c(CC(=O)NCc3ccc(Cl)cc3)cn(C)c12. The van der Waals surface area contributed by atoms with Gasteiger partial charge >= 0.3 is 0 Å². The summed E-state index contributed by atoms with van der Waals surface area (Å²) in [5, 5.41) is 13.2. The van der Waals surface area contributed by atoms with Gasteiger partial charge in [-0.2, -0.15) is 0 Å². The van der Waals surface area contributed by atoms with E-state index in [2.05, 4.69) is 11.9 Å². The highest BCUT2D eigenvalue weighted by Gasteiger charge is 2.19. The lowest BCUT2D eigenvalue weighted by molar-refractivity contribution is -0.120. The van der Waals surface area contributed by atoms with Gasteiger partial charge in [0.15, 0.2) is 0 Å². The molecular weight excluding hydrogens is 424 g/mol. The highest BCUT2D eigenvalue weighted by molar-refractivity contribution is 7.19. The Morgan fingerprint density at radius 2 is 2.10 bits per heavy atom. The Morgan fingerprint density at radius 3 is 2.77 bits per heavy atom. The third-order valence-electron chi connectivity index (χ3n) is 4.64. The van der Waals surface area contributed by atoms with Gasteiger partial charge in [0.05, 0.1) is 36.5 Å². The quantitative estimate of drug-likeness (QED) is 0.390. The van der Waals surface area contributed by atoms with Gasteiger partial charge in [0, 0.05) is 40.8 Å². The number of nitrogens with one attached hydrogen (secondary N) is 1. The normalized spacial score (nSPS) is 11.0. The van der Waals surface area contributed by atoms with Crippen LogP contribution in [0.2, 0.25) is 5.02 Å². The average molecular weight is 447 g/mol. The fourth-order valence-corrected chi connectivity index (χ4v) is 4.52. The molecular formula is C22H23ClN2O4S. The first-order valence-corrected chi connectivity index (χ1v) is 10.6. The van der Waals surface area contributed by atoms with E-state index in [0.717, 1.165) is 16.6 Å². The van der Waals surface area contributed by atoms with Gasteiger partial charge < -0.3 is 19.7 Å². The van der Waals surface area contributed by atoms with Crippen LogP contribution in [-0.4, -0.2) is 22.2 Å². The van der Waals surface area contributed by atoms with Crippen LogP contribution in [0.25, 0.3) is 10.2 Å². The maximum atomic E-state index is 13.0. The number of aryl methyl sites for hydroxylation is 1. The number of halogens is 1. The Kier molecular flexibility index (Phi) is 7.44. The van der Waals surface area contributed by atoms with Crippen molar-refractivity contribution < 1.29 is 14.6 Å². The lowest BCUT2D eigenvalue weighted by Crippen LogP contribution is -2.27. The Morgan fingerprint density at radius 1 is 1.37 bits per heavy atom. The van der Waals surface area contributed by atoms with Crippen molar-refractivity contribution in [2.45, 2.75) is 26.2 Å². The number of thiophene rings is 1. The van der Waals surface area contributed by atoms with Crippen molar-refractivity contribution in [2.75, 3.05) is 6.61 Å². The van der Waals surface area contributed by atoms with Crippen molar-refractivity contribution in [1.29, 1.82) is 0 Å². The third kappa shape index (κ3) is 4.99. The number of carbonyl (C=O) groups is 1. The number of fused-ring (bicyclic) bond motifs is 1. The van der Waals surface area contributed by atoms with Crippen molar-refractivity contribution >= 4 is 39.1 Å². The van der Waals surface area contributed by atoms with E-state index in [1.54, 1.807) is 24.4 Å². The summed E-state index contributed by atoms with van der Waals surface area (Å²) in [4.78, 5) is 26.1. The molecule has 0 bridgehead atoms. The molecule has 6 nitrogen and oxygen atoms in total. The lowest BCUT2D eigenvalue weighted by atomic mass is 10.1. The molecule has 0 radical (unpaired) electrons. The maximum absolute atomic E-state index is 13.0. The van der Waals surface area contributed by atoms with Crippen molar-refractivity contribution in [2.24, 2.45) is 7.05 Å². The number of ether oxygens (including phenoxy) is 1. The van der Waals surface area contributed by atoms with Gasteiger partial charge in [0.2, 0.25) is 11.3 Å². The van der Waals surface area contributed by atoms with Gasteiger partial charge in [-0.25, -0.2) is 0 Å². The number of hydrogen-bond donors (Lipinski definition) is 2. The van der Waals surface area contributed by atoms with Gasteiger partial charge in [-0.15, -0.1) is 17.9 Å². The molecule has 1 amide bonds. The molecule has 30 heavy (non-hydrogen) atoms. The van der Waals surface area contributed by atoms with E-state index in [-0.39, 0.29) is 31.0 Å². The number of aromatic nitrogens is 1. The second-order valence-corrected chi connectivity index (χ2v) is 8.36. The van der Waals surface area contributed by atoms with Crippen LogP contribution in [0.3, 0.4) is 0 Å². The van der Waals surface area contributed by atoms with Crippen LogP contribution in [0.1, 0.15) is 21.6 Å². The number of benzene rings is 1. The predicted octanol–water partition coefficient (Wildman–Crippen LogP) is 3.31. The number of pyridine rings is 1. The van der Waals surface area contributed by atoms with Crippen molar-refractivity contribution in [3.05, 3.63) is 79.9 Å². The van der Waals surface area contributed by atoms with E-state index in [4.69, 9.17) is 16.3 Å². The number of nitrogens with zero attached hydrogens (tertiary/aromatic N) is 1. The Labute approximate surface area is 183 Å². The molecule has 0 aliphatic heterocycles. The number of hydrogen-bond acceptors (Lipinski definition) is 5. The number of amides is 1. The maximum Gasteiger partial charge on any atom is 0.224 e. The zero-order chi connectivity index (χ0) is 21.7. The Balaban J connectivity index is 1.81. The monoisotopic (exact) mass is 446 g/mol. The van der Waals surface area contributed by atoms with Crippen LogP contribution >= 0.6 is 22.9 Å². The van der Waals surface area contributed by atoms with Crippen LogP contribution in [-0.2, 0) is 42.8 Å². The molecule has 2 N–H and O–H groups in total. The van der Waals surface area contributed by atoms with Crippen molar-refractivity contribution in [3.63, 3.8) is 0 Å². The summed E-state index contributed by atoms with van der Waals surface area (Å²) < 4.78 is 7.87. The molecule has 0 atom stereocenters. The number of aliphatic hydroxyl groups excluding tert-OH is 1. The highest BCUT2D eigenvalue weighted by Crippen LogP contribution is 2.30. The molecule has 8 heteroatoms. The van der Waals surface area contributed by atoms with Gasteiger partial charge in [0.25, 0.3) is 0 Å². The first-order valence-electron chi connectivity index (χ1n) is 9.38. The zero-order valence-electron chi connectivity index (χ0n) is 16.6. The standard InChI is InChI=1S/C22H23ClN2O4S/c1-3-8-29-13-17-18(12-26)30-22-20(17)25(2)11-15(21(22)28)9-19(27)24-10-14-4-6-16(23)7-5-14/h3-7,11,26H,1,8-10,12-13H2,2H3,(H,24,27). The van der Waals surface area contributed by atoms with Crippen LogP contribution in [0, 0.1) is 0 Å². The van der Waals surface area contributed by atoms with Crippen LogP contribution in [0.4, 0.5) is 0 Å². The molecule has 0 saturated carbocycles. The highest BCUT2D eigenvalue weighted by atomic mass is 35.5. The minimum absolute atomic E-state index is 0.0230. The zero-order valence-corrected chi connectivity index (χ0v) is 18.2. The molecule has 2 heterocycles. The summed E-state index contributed by atoms with van der Waals surface area (Å²) in [6, 6.07) is 7.20. The summed E-state index contributed by atoms with van der Waals surface area (Å²) in [5.74, 6) is -0.241. The lowest BCUT2D eigenvalue weighted by Gasteiger charge is -2.10. The molecule has 158 valence electrons. The number of rotatable bonds is 9. The van der Waals surface area contributed by atoms with E-state index < -0.39 is 0 Å². The van der Waals surface area contributed by atoms with Gasteiger partial charge in [0.1, 0.15) is 0 Å². The molecule has 0 unspecified atom stereocenters. The van der Waals surface area contributed by atoms with E-state index in [1.807, 2.05) is 23.7 Å². The topological polar surface area (TPSA) is 80.6 Å². The number of aliphatic hydroxyl groups is 1. The summed E-state index contributed by atoms with van der Waals surface area (Å²) >= 11 is 7.11. The molecule has 0 saturated heterocycles. The first-order chi connectivity index (χ1) is 14.4. The molecule has 3 aromatic rings. The van der Waals surface area contributed by atoms with Crippen molar-refractivity contribution in [3.8, 4) is 0 Å². The number of carbonyl (C=O) groups excluding carboxylic acids is 1. The fourth-order valence-electron chi connectivity index (χ4n) is 3.22. The minimum Gasteiger partial charge on any atom is -0.391 e. The van der Waals surface area contributed by atoms with E-state index in [1.165, 1.54) is 11.3 Å². The second-order valence-electron chi connectivity index (χ2n) is 6.82. The van der Waals surface area contributed by atoms with Gasteiger partial charge in [-0.1, -0.05) is 29.8 Å². The average Bonchev–Trinajstić information content (AvgIpc) is 3.11. The third-order valence-corrected chi connectivity index (χ3v) is 6.10. The Bertz CT molecular complexity index is 1120. The van der Waals surface area contributed by atoms with Gasteiger partial charge in [-0.05, 0) is 17.7 Å². The minimum atomic E-state index is -0.241. The predicted molar refractivity (Wildman–Crippen MR) is 120 cm³/mol. The molecule has 2 aromatic heterocycles. The van der Waals surface area contributed by atoms with Crippen LogP contribution in [0.15, 0.2) is 47.9 Å². The fraction of sp³-hybridized carbons (Fsp3) is 0.273. The molecule has 0 spiro atoms. The largest absolute Gasteiger partial charge is 0.391 e. The summed E-state index contributed by atoms with van der Waals surface area (Å²) in [6.07, 6.45) is 3.30. The van der Waals surface area contributed by atoms with Gasteiger partial charge in [-0.3, -0.25) is 9.59 Å². The summed E-state index contributed by atoms with van der Waals surface area (Å²) in [6.45, 7) is 4.45. The molecule has 0 aliphatic rings. The molecule has 1 aromatic carbocycles. The first kappa shape index (κ1) is 22.2. The van der Waals surface area contributed by atoms with E-state index >= 15 is 0 Å². The molecule has 3 rings (SSSR count). The smallest absolute Gasteiger partial charge is 0.224 e. The van der Waals surface area contributed by atoms with E-state index in [0.29, 0.717) is 33.3 Å². The molecule has 0 aliphatic carbocycles. The van der Waals surface area contributed by atoms with E-state index in [9.17, 15) is 14.7 Å². The Hall–Kier alpha value is -2.45. The van der Waals surface area contributed by atoms with Crippen LogP contribution < -0.4 is 10.7 Å².